The second-order valence-electron chi connectivity index (χ2n) is 4.37. The molecule has 0 saturated heterocycles. The van der Waals surface area contributed by atoms with Gasteiger partial charge in [-0.2, -0.15) is 0 Å². The Morgan fingerprint density at radius 2 is 1.14 bits per heavy atom. The Hall–Kier alpha value is -2.52. The molecule has 4 heteroatoms. The SMILES string of the molecule is ClC=Cc1nc(-c2ccccc2)nc(-c2ccccc2)n1. The van der Waals surface area contributed by atoms with E-state index < -0.39 is 0 Å². The van der Waals surface area contributed by atoms with E-state index >= 15 is 0 Å². The molecule has 0 bridgehead atoms. The summed E-state index contributed by atoms with van der Waals surface area (Å²) in [4.78, 5) is 13.4. The van der Waals surface area contributed by atoms with E-state index in [4.69, 9.17) is 11.6 Å². The average molecular weight is 294 g/mol. The fourth-order valence-electron chi connectivity index (χ4n) is 1.96. The van der Waals surface area contributed by atoms with Gasteiger partial charge in [0.25, 0.3) is 0 Å². The van der Waals surface area contributed by atoms with Crippen LogP contribution in [0.1, 0.15) is 5.82 Å². The van der Waals surface area contributed by atoms with Gasteiger partial charge in [-0.3, -0.25) is 0 Å². The molecular weight excluding hydrogens is 282 g/mol. The number of nitrogens with zero attached hydrogens (tertiary/aromatic N) is 3. The molecule has 0 aliphatic carbocycles. The van der Waals surface area contributed by atoms with Crippen LogP contribution >= 0.6 is 11.6 Å². The van der Waals surface area contributed by atoms with Crippen LogP contribution in [0.2, 0.25) is 0 Å². The lowest BCUT2D eigenvalue weighted by atomic mass is 10.2. The average Bonchev–Trinajstić information content (AvgIpc) is 2.56. The van der Waals surface area contributed by atoms with Gasteiger partial charge in [0.15, 0.2) is 17.5 Å². The molecule has 0 aliphatic rings. The van der Waals surface area contributed by atoms with Crippen LogP contribution in [0.3, 0.4) is 0 Å². The predicted molar refractivity (Wildman–Crippen MR) is 85.6 cm³/mol. The highest BCUT2D eigenvalue weighted by Crippen LogP contribution is 2.20. The van der Waals surface area contributed by atoms with E-state index in [0.717, 1.165) is 11.1 Å². The number of hydrogen-bond acceptors (Lipinski definition) is 3. The summed E-state index contributed by atoms with van der Waals surface area (Å²) >= 11 is 5.65. The third kappa shape index (κ3) is 3.15. The molecule has 0 fully saturated rings. The molecular formula is C17H12ClN3. The monoisotopic (exact) mass is 293 g/mol. The first-order chi connectivity index (χ1) is 10.4. The van der Waals surface area contributed by atoms with Crippen LogP contribution in [-0.2, 0) is 0 Å². The zero-order valence-electron chi connectivity index (χ0n) is 11.1. The first kappa shape index (κ1) is 13.5. The van der Waals surface area contributed by atoms with Crippen molar-refractivity contribution in [2.24, 2.45) is 0 Å². The fourth-order valence-corrected chi connectivity index (χ4v) is 2.07. The van der Waals surface area contributed by atoms with E-state index in [2.05, 4.69) is 15.0 Å². The van der Waals surface area contributed by atoms with Crippen molar-refractivity contribution >= 4 is 17.7 Å². The zero-order chi connectivity index (χ0) is 14.5. The van der Waals surface area contributed by atoms with E-state index in [1.807, 2.05) is 60.7 Å². The van der Waals surface area contributed by atoms with Crippen molar-refractivity contribution in [3.63, 3.8) is 0 Å². The number of rotatable bonds is 3. The molecule has 21 heavy (non-hydrogen) atoms. The maximum atomic E-state index is 5.65. The minimum atomic E-state index is 0.540. The zero-order valence-corrected chi connectivity index (χ0v) is 11.9. The number of halogens is 1. The Morgan fingerprint density at radius 3 is 1.57 bits per heavy atom. The fraction of sp³-hybridized carbons (Fsp3) is 0. The normalized spacial score (nSPS) is 10.9. The Balaban J connectivity index is 2.15. The maximum absolute atomic E-state index is 5.65. The van der Waals surface area contributed by atoms with Crippen molar-refractivity contribution in [2.75, 3.05) is 0 Å². The van der Waals surface area contributed by atoms with Gasteiger partial charge >= 0.3 is 0 Å². The van der Waals surface area contributed by atoms with Gasteiger partial charge in [0, 0.05) is 16.7 Å². The Morgan fingerprint density at radius 1 is 0.667 bits per heavy atom. The van der Waals surface area contributed by atoms with Gasteiger partial charge in [0.2, 0.25) is 0 Å². The lowest BCUT2D eigenvalue weighted by Crippen LogP contribution is -1.99. The Bertz CT molecular complexity index is 698. The van der Waals surface area contributed by atoms with Gasteiger partial charge in [-0.05, 0) is 6.08 Å². The molecule has 0 unspecified atom stereocenters. The van der Waals surface area contributed by atoms with Crippen molar-refractivity contribution in [2.45, 2.75) is 0 Å². The van der Waals surface area contributed by atoms with Crippen molar-refractivity contribution in [1.82, 2.24) is 15.0 Å². The minimum absolute atomic E-state index is 0.540. The van der Waals surface area contributed by atoms with Crippen LogP contribution in [0.5, 0.6) is 0 Å². The summed E-state index contributed by atoms with van der Waals surface area (Å²) in [5.74, 6) is 1.81. The summed E-state index contributed by atoms with van der Waals surface area (Å²) in [5, 5.41) is 0. The highest BCUT2D eigenvalue weighted by atomic mass is 35.5. The van der Waals surface area contributed by atoms with Crippen LogP contribution in [0.4, 0.5) is 0 Å². The molecule has 0 saturated carbocycles. The van der Waals surface area contributed by atoms with E-state index in [0.29, 0.717) is 17.5 Å². The lowest BCUT2D eigenvalue weighted by molar-refractivity contribution is 1.05. The van der Waals surface area contributed by atoms with Gasteiger partial charge in [-0.25, -0.2) is 15.0 Å². The third-order valence-corrected chi connectivity index (χ3v) is 3.05. The summed E-state index contributed by atoms with van der Waals surface area (Å²) in [7, 11) is 0. The van der Waals surface area contributed by atoms with E-state index in [9.17, 15) is 0 Å². The summed E-state index contributed by atoms with van der Waals surface area (Å²) in [6.07, 6.45) is 1.65. The Labute approximate surface area is 128 Å². The topological polar surface area (TPSA) is 38.7 Å². The van der Waals surface area contributed by atoms with Crippen molar-refractivity contribution in [1.29, 1.82) is 0 Å². The molecule has 0 N–H and O–H groups in total. The maximum Gasteiger partial charge on any atom is 0.164 e. The second-order valence-corrected chi connectivity index (χ2v) is 4.62. The minimum Gasteiger partial charge on any atom is -0.209 e. The van der Waals surface area contributed by atoms with Crippen LogP contribution in [0.15, 0.2) is 66.2 Å². The van der Waals surface area contributed by atoms with Gasteiger partial charge in [-0.1, -0.05) is 72.3 Å². The molecule has 0 radical (unpaired) electrons. The highest BCUT2D eigenvalue weighted by molar-refractivity contribution is 6.27. The molecule has 3 nitrogen and oxygen atoms in total. The van der Waals surface area contributed by atoms with Crippen LogP contribution < -0.4 is 0 Å². The van der Waals surface area contributed by atoms with Crippen molar-refractivity contribution in [3.05, 3.63) is 72.0 Å². The standard InChI is InChI=1S/C17H12ClN3/c18-12-11-15-19-16(13-7-3-1-4-8-13)21-17(20-15)14-9-5-2-6-10-14/h1-12H. The van der Waals surface area contributed by atoms with E-state index in [1.54, 1.807) is 6.08 Å². The van der Waals surface area contributed by atoms with Crippen molar-refractivity contribution < 1.29 is 0 Å². The lowest BCUT2D eigenvalue weighted by Gasteiger charge is -2.05. The molecule has 1 heterocycles. The van der Waals surface area contributed by atoms with Gasteiger partial charge in [0.1, 0.15) is 0 Å². The summed E-state index contributed by atoms with van der Waals surface area (Å²) in [6, 6.07) is 19.6. The predicted octanol–water partition coefficient (Wildman–Crippen LogP) is 4.42. The summed E-state index contributed by atoms with van der Waals surface area (Å²) in [6.45, 7) is 0. The second kappa shape index (κ2) is 6.29. The molecule has 3 rings (SSSR count). The van der Waals surface area contributed by atoms with Crippen molar-refractivity contribution in [3.8, 4) is 22.8 Å². The van der Waals surface area contributed by atoms with Gasteiger partial charge in [0.05, 0.1) is 0 Å². The smallest absolute Gasteiger partial charge is 0.164 e. The van der Waals surface area contributed by atoms with Crippen LogP contribution in [-0.4, -0.2) is 15.0 Å². The number of hydrogen-bond donors (Lipinski definition) is 0. The van der Waals surface area contributed by atoms with Gasteiger partial charge in [-0.15, -0.1) is 0 Å². The first-order valence-corrected chi connectivity index (χ1v) is 6.94. The largest absolute Gasteiger partial charge is 0.209 e. The van der Waals surface area contributed by atoms with Crippen LogP contribution in [0.25, 0.3) is 28.9 Å². The molecule has 3 aromatic rings. The number of benzene rings is 2. The molecule has 102 valence electrons. The molecule has 2 aromatic carbocycles. The third-order valence-electron chi connectivity index (χ3n) is 2.93. The summed E-state index contributed by atoms with van der Waals surface area (Å²) in [5.41, 5.74) is 3.29. The summed E-state index contributed by atoms with van der Waals surface area (Å²) < 4.78 is 0. The van der Waals surface area contributed by atoms with Gasteiger partial charge < -0.3 is 0 Å². The molecule has 0 aliphatic heterocycles. The van der Waals surface area contributed by atoms with E-state index in [-0.39, 0.29) is 0 Å². The Kier molecular flexibility index (Phi) is 4.03. The van der Waals surface area contributed by atoms with Crippen LogP contribution in [0, 0.1) is 0 Å². The number of aromatic nitrogens is 3. The molecule has 0 amide bonds. The quantitative estimate of drug-likeness (QED) is 0.718. The molecule has 1 aromatic heterocycles. The molecule has 0 spiro atoms. The highest BCUT2D eigenvalue weighted by Gasteiger charge is 2.08. The van der Waals surface area contributed by atoms with E-state index in [1.165, 1.54) is 5.54 Å². The molecule has 0 atom stereocenters. The first-order valence-electron chi connectivity index (χ1n) is 6.50.